The van der Waals surface area contributed by atoms with Crippen LogP contribution in [0.5, 0.6) is 0 Å². The van der Waals surface area contributed by atoms with Crippen LogP contribution in [0.15, 0.2) is 24.3 Å². The van der Waals surface area contributed by atoms with Gasteiger partial charge in [0.05, 0.1) is 0 Å². The summed E-state index contributed by atoms with van der Waals surface area (Å²) in [4.78, 5) is 13.5. The van der Waals surface area contributed by atoms with Gasteiger partial charge in [-0.3, -0.25) is 4.79 Å². The van der Waals surface area contributed by atoms with Crippen LogP contribution < -0.4 is 0 Å². The van der Waals surface area contributed by atoms with Crippen LogP contribution >= 0.6 is 0 Å². The number of allylic oxidation sites excluding steroid dienone is 3. The number of rotatable bonds is 7. The van der Waals surface area contributed by atoms with E-state index in [0.29, 0.717) is 6.42 Å². The number of ketones is 1. The molecule has 3 nitrogen and oxygen atoms in total. The molecule has 0 rings (SSSR count). The van der Waals surface area contributed by atoms with Gasteiger partial charge < -0.3 is 5.53 Å². The number of hydrogen-bond donors (Lipinski definition) is 0. The largest absolute Gasteiger partial charge is 0.361 e. The minimum atomic E-state index is -0.128. The van der Waals surface area contributed by atoms with Crippen LogP contribution in [0.1, 0.15) is 32.6 Å². The second kappa shape index (κ2) is 8.14. The van der Waals surface area contributed by atoms with Crippen LogP contribution in [0.25, 0.3) is 5.53 Å². The van der Waals surface area contributed by atoms with Crippen molar-refractivity contribution >= 4 is 12.0 Å². The lowest BCUT2D eigenvalue weighted by Crippen LogP contribution is -1.98. The second-order valence-corrected chi connectivity index (χ2v) is 3.21. The molecule has 0 saturated carbocycles. The van der Waals surface area contributed by atoms with Crippen molar-refractivity contribution in [3.05, 3.63) is 29.8 Å². The maximum absolute atomic E-state index is 10.8. The van der Waals surface area contributed by atoms with E-state index in [1.807, 2.05) is 19.1 Å². The third kappa shape index (κ3) is 8.62. The van der Waals surface area contributed by atoms with E-state index in [0.717, 1.165) is 31.1 Å². The van der Waals surface area contributed by atoms with Crippen molar-refractivity contribution < 1.29 is 9.58 Å². The molecule has 0 aliphatic heterocycles. The lowest BCUT2D eigenvalue weighted by molar-refractivity contribution is -0.116. The van der Waals surface area contributed by atoms with Gasteiger partial charge in [-0.15, -0.1) is 0 Å². The smallest absolute Gasteiger partial charge is 0.323 e. The minimum absolute atomic E-state index is 0.128. The molecule has 0 fully saturated rings. The summed E-state index contributed by atoms with van der Waals surface area (Å²) in [5, 5.41) is 0. The molecule has 76 valence electrons. The lowest BCUT2D eigenvalue weighted by Gasteiger charge is -1.92. The normalized spacial score (nSPS) is 9.79. The summed E-state index contributed by atoms with van der Waals surface area (Å²) in [6.07, 6.45) is 8.16. The highest BCUT2D eigenvalue weighted by Gasteiger charge is 2.00. The molecule has 3 heteroatoms. The number of unbranched alkanes of at least 4 members (excludes halogenated alkanes) is 2. The van der Waals surface area contributed by atoms with Gasteiger partial charge in [0.1, 0.15) is 0 Å². The van der Waals surface area contributed by atoms with Crippen molar-refractivity contribution in [3.8, 4) is 0 Å². The third-order valence-electron chi connectivity index (χ3n) is 1.65. The fourth-order valence-corrected chi connectivity index (χ4v) is 0.975. The Kier molecular flexibility index (Phi) is 7.29. The molecule has 0 spiro atoms. The molecule has 0 radical (unpaired) electrons. The SMILES string of the molecule is C=C(C)/C=C/CCCCC(=O)C=[N+]=[N-]. The second-order valence-electron chi connectivity index (χ2n) is 3.21. The summed E-state index contributed by atoms with van der Waals surface area (Å²) in [6.45, 7) is 5.68. The van der Waals surface area contributed by atoms with Gasteiger partial charge >= 0.3 is 6.21 Å². The van der Waals surface area contributed by atoms with Gasteiger partial charge in [-0.2, -0.15) is 4.79 Å². The zero-order valence-electron chi connectivity index (χ0n) is 8.57. The van der Waals surface area contributed by atoms with Crippen LogP contribution in [0, 0.1) is 0 Å². The Morgan fingerprint density at radius 1 is 1.50 bits per heavy atom. The first-order chi connectivity index (χ1) is 6.66. The van der Waals surface area contributed by atoms with E-state index in [1.165, 1.54) is 0 Å². The molecule has 0 unspecified atom stereocenters. The molecule has 14 heavy (non-hydrogen) atoms. The number of hydrogen-bond acceptors (Lipinski definition) is 1. The van der Waals surface area contributed by atoms with Crippen LogP contribution in [0.2, 0.25) is 0 Å². The molecule has 0 aromatic heterocycles. The molecule has 0 saturated heterocycles. The molecule has 0 N–H and O–H groups in total. The highest BCUT2D eigenvalue weighted by Crippen LogP contribution is 2.02. The Bertz CT molecular complexity index is 273. The van der Waals surface area contributed by atoms with Crippen LogP contribution in [0.3, 0.4) is 0 Å². The quantitative estimate of drug-likeness (QED) is 0.201. The Labute approximate surface area is 84.8 Å². The number of carbonyl (C=O) groups is 1. The zero-order chi connectivity index (χ0) is 10.8. The molecule has 0 aromatic rings. The van der Waals surface area contributed by atoms with Crippen LogP contribution in [-0.4, -0.2) is 16.8 Å². The average molecular weight is 192 g/mol. The van der Waals surface area contributed by atoms with Gasteiger partial charge in [0.25, 0.3) is 0 Å². The summed E-state index contributed by atoms with van der Waals surface area (Å²) >= 11 is 0. The van der Waals surface area contributed by atoms with Crippen molar-refractivity contribution in [2.45, 2.75) is 32.6 Å². The van der Waals surface area contributed by atoms with E-state index in [4.69, 9.17) is 5.53 Å². The highest BCUT2D eigenvalue weighted by atomic mass is 16.1. The topological polar surface area (TPSA) is 53.5 Å². The predicted octanol–water partition coefficient (Wildman–Crippen LogP) is 2.55. The summed E-state index contributed by atoms with van der Waals surface area (Å²) in [7, 11) is 0. The minimum Gasteiger partial charge on any atom is -0.361 e. The number of nitrogens with zero attached hydrogens (tertiary/aromatic N) is 2. The maximum Gasteiger partial charge on any atom is 0.323 e. The number of Topliss-reactive ketones (excluding diaryl/α,β-unsaturated/α-hetero) is 1. The van der Waals surface area contributed by atoms with E-state index < -0.39 is 0 Å². The Hall–Kier alpha value is -1.47. The first-order valence-corrected chi connectivity index (χ1v) is 4.69. The van der Waals surface area contributed by atoms with Gasteiger partial charge in [-0.1, -0.05) is 24.3 Å². The fraction of sp³-hybridized carbons (Fsp3) is 0.455. The molecule has 0 heterocycles. The van der Waals surface area contributed by atoms with E-state index in [9.17, 15) is 4.79 Å². The lowest BCUT2D eigenvalue weighted by atomic mass is 10.1. The Morgan fingerprint density at radius 2 is 2.21 bits per heavy atom. The van der Waals surface area contributed by atoms with E-state index in [2.05, 4.69) is 11.4 Å². The monoisotopic (exact) mass is 192 g/mol. The van der Waals surface area contributed by atoms with Gasteiger partial charge in [-0.25, -0.2) is 0 Å². The molecule has 0 aromatic carbocycles. The van der Waals surface area contributed by atoms with E-state index in [-0.39, 0.29) is 5.78 Å². The molecule has 0 bridgehead atoms. The fourth-order valence-electron chi connectivity index (χ4n) is 0.975. The summed E-state index contributed by atoms with van der Waals surface area (Å²) in [5.74, 6) is -0.128. The van der Waals surface area contributed by atoms with Crippen molar-refractivity contribution in [3.63, 3.8) is 0 Å². The van der Waals surface area contributed by atoms with Gasteiger partial charge in [0, 0.05) is 6.42 Å². The third-order valence-corrected chi connectivity index (χ3v) is 1.65. The van der Waals surface area contributed by atoms with Gasteiger partial charge in [0.15, 0.2) is 0 Å². The predicted molar refractivity (Wildman–Crippen MR) is 57.1 cm³/mol. The molecule has 0 atom stereocenters. The van der Waals surface area contributed by atoms with E-state index in [1.54, 1.807) is 0 Å². The van der Waals surface area contributed by atoms with E-state index >= 15 is 0 Å². The molecular formula is C11H16N2O. The first kappa shape index (κ1) is 12.5. The molecule has 0 aliphatic rings. The highest BCUT2D eigenvalue weighted by molar-refractivity contribution is 6.25. The molecule has 0 amide bonds. The first-order valence-electron chi connectivity index (χ1n) is 4.69. The van der Waals surface area contributed by atoms with Gasteiger partial charge in [-0.05, 0) is 26.2 Å². The standard InChI is InChI=1S/C11H16N2O/c1-10(2)7-5-3-4-6-8-11(14)9-13-12/h5,7,9H,1,3-4,6,8H2,2H3/b7-5+. The Balaban J connectivity index is 3.43. The van der Waals surface area contributed by atoms with Crippen molar-refractivity contribution in [2.75, 3.05) is 0 Å². The molecule has 0 aliphatic carbocycles. The Morgan fingerprint density at radius 3 is 2.79 bits per heavy atom. The average Bonchev–Trinajstić information content (AvgIpc) is 2.11. The van der Waals surface area contributed by atoms with Crippen LogP contribution in [0.4, 0.5) is 0 Å². The van der Waals surface area contributed by atoms with Crippen molar-refractivity contribution in [1.29, 1.82) is 0 Å². The number of carbonyl (C=O) groups excluding carboxylic acids is 1. The van der Waals surface area contributed by atoms with Crippen LogP contribution in [-0.2, 0) is 4.79 Å². The summed E-state index contributed by atoms with van der Waals surface area (Å²) in [5.41, 5.74) is 9.10. The van der Waals surface area contributed by atoms with Crippen molar-refractivity contribution in [2.24, 2.45) is 0 Å². The summed E-state index contributed by atoms with van der Waals surface area (Å²) < 4.78 is 0. The maximum atomic E-state index is 10.8. The molecular weight excluding hydrogens is 176 g/mol. The van der Waals surface area contributed by atoms with Gasteiger partial charge in [0.2, 0.25) is 5.78 Å². The zero-order valence-corrected chi connectivity index (χ0v) is 8.57. The summed E-state index contributed by atoms with van der Waals surface area (Å²) in [6, 6.07) is 0. The van der Waals surface area contributed by atoms with Crippen molar-refractivity contribution in [1.82, 2.24) is 0 Å².